The van der Waals surface area contributed by atoms with Crippen LogP contribution in [0.4, 0.5) is 8.78 Å². The highest BCUT2D eigenvalue weighted by molar-refractivity contribution is 7.91. The number of rotatable bonds is 8. The van der Waals surface area contributed by atoms with Crippen LogP contribution < -0.4 is 4.74 Å². The van der Waals surface area contributed by atoms with E-state index >= 15 is 0 Å². The van der Waals surface area contributed by atoms with Crippen molar-refractivity contribution in [1.82, 2.24) is 4.90 Å². The van der Waals surface area contributed by atoms with Gasteiger partial charge in [0.05, 0.1) is 32.9 Å². The van der Waals surface area contributed by atoms with E-state index in [9.17, 15) is 22.0 Å². The van der Waals surface area contributed by atoms with Crippen LogP contribution >= 0.6 is 22.9 Å². The standard InChI is InChI=1S/C32H32ClF2NO4S2/c1-4-42(38,39)24-12-7-20(8-13-24)21-9-16-27(40-3)22(17-21)18-36(23-10-5-19(2)6-11-23)32(37)31-29(33)28-25(34)14-15-26(35)30(28)41-31/h7-9,12-17,19,23H,4-6,10-11,18H2,1-3H3. The fourth-order valence-electron chi connectivity index (χ4n) is 5.57. The third-order valence-electron chi connectivity index (χ3n) is 8.11. The van der Waals surface area contributed by atoms with E-state index in [4.69, 9.17) is 16.3 Å². The third kappa shape index (κ3) is 5.92. The first-order valence-corrected chi connectivity index (χ1v) is 16.8. The van der Waals surface area contributed by atoms with Gasteiger partial charge in [-0.25, -0.2) is 17.2 Å². The Morgan fingerprint density at radius 3 is 2.26 bits per heavy atom. The quantitative estimate of drug-likeness (QED) is 0.196. The van der Waals surface area contributed by atoms with Crippen molar-refractivity contribution in [3.05, 3.63) is 81.7 Å². The van der Waals surface area contributed by atoms with E-state index in [2.05, 4.69) is 6.92 Å². The van der Waals surface area contributed by atoms with Crippen LogP contribution in [0.3, 0.4) is 0 Å². The van der Waals surface area contributed by atoms with Gasteiger partial charge in [-0.15, -0.1) is 11.3 Å². The van der Waals surface area contributed by atoms with E-state index in [0.29, 0.717) is 11.7 Å². The van der Waals surface area contributed by atoms with E-state index in [1.54, 1.807) is 43.2 Å². The van der Waals surface area contributed by atoms with Gasteiger partial charge in [0.2, 0.25) is 0 Å². The number of benzene rings is 3. The number of carbonyl (C=O) groups is 1. The molecule has 1 aliphatic carbocycles. The van der Waals surface area contributed by atoms with Gasteiger partial charge in [-0.1, -0.05) is 43.6 Å². The summed E-state index contributed by atoms with van der Waals surface area (Å²) < 4.78 is 59.5. The molecule has 1 aliphatic rings. The molecule has 5 rings (SSSR count). The smallest absolute Gasteiger partial charge is 0.266 e. The number of fused-ring (bicyclic) bond motifs is 1. The zero-order valence-corrected chi connectivity index (χ0v) is 26.0. The summed E-state index contributed by atoms with van der Waals surface area (Å²) in [5.41, 5.74) is 2.40. The van der Waals surface area contributed by atoms with Crippen molar-refractivity contribution in [2.45, 2.75) is 57.0 Å². The van der Waals surface area contributed by atoms with Crippen LogP contribution in [0.15, 0.2) is 59.5 Å². The molecular weight excluding hydrogens is 600 g/mol. The van der Waals surface area contributed by atoms with Gasteiger partial charge < -0.3 is 9.64 Å². The van der Waals surface area contributed by atoms with Crippen LogP contribution in [0.2, 0.25) is 5.02 Å². The Balaban J connectivity index is 1.54. The largest absolute Gasteiger partial charge is 0.496 e. The van der Waals surface area contributed by atoms with E-state index in [0.717, 1.165) is 65.8 Å². The summed E-state index contributed by atoms with van der Waals surface area (Å²) >= 11 is 7.42. The number of halogens is 3. The summed E-state index contributed by atoms with van der Waals surface area (Å²) in [4.78, 5) is 16.3. The minimum absolute atomic E-state index is 0.0198. The molecule has 1 saturated carbocycles. The second-order valence-electron chi connectivity index (χ2n) is 10.8. The van der Waals surface area contributed by atoms with Gasteiger partial charge in [0.15, 0.2) is 9.84 Å². The van der Waals surface area contributed by atoms with Gasteiger partial charge in [-0.3, -0.25) is 4.79 Å². The zero-order chi connectivity index (χ0) is 30.2. The Morgan fingerprint density at radius 2 is 1.64 bits per heavy atom. The van der Waals surface area contributed by atoms with Crippen molar-refractivity contribution in [3.63, 3.8) is 0 Å². The summed E-state index contributed by atoms with van der Waals surface area (Å²) in [5, 5.41) is -0.149. The van der Waals surface area contributed by atoms with Gasteiger partial charge in [-0.05, 0) is 79.1 Å². The molecule has 0 aliphatic heterocycles. The highest BCUT2D eigenvalue weighted by Crippen LogP contribution is 2.41. The number of nitrogens with zero attached hydrogens (tertiary/aromatic N) is 1. The predicted octanol–water partition coefficient (Wildman–Crippen LogP) is 8.52. The molecule has 5 nitrogen and oxygen atoms in total. The van der Waals surface area contributed by atoms with Gasteiger partial charge in [-0.2, -0.15) is 0 Å². The fraction of sp³-hybridized carbons (Fsp3) is 0.344. The van der Waals surface area contributed by atoms with Crippen molar-refractivity contribution >= 4 is 48.8 Å². The van der Waals surface area contributed by atoms with Crippen LogP contribution in [-0.2, 0) is 16.4 Å². The second kappa shape index (κ2) is 12.3. The minimum Gasteiger partial charge on any atom is -0.496 e. The lowest BCUT2D eigenvalue weighted by molar-refractivity contribution is 0.0597. The molecule has 0 N–H and O–H groups in total. The topological polar surface area (TPSA) is 63.7 Å². The molecule has 222 valence electrons. The highest BCUT2D eigenvalue weighted by atomic mass is 35.5. The minimum atomic E-state index is -3.32. The van der Waals surface area contributed by atoms with E-state index in [1.807, 2.05) is 18.2 Å². The molecule has 3 aromatic carbocycles. The molecule has 0 bridgehead atoms. The molecule has 1 amide bonds. The predicted molar refractivity (Wildman–Crippen MR) is 164 cm³/mol. The number of hydrogen-bond donors (Lipinski definition) is 0. The normalized spacial score (nSPS) is 17.4. The average molecular weight is 632 g/mol. The third-order valence-corrected chi connectivity index (χ3v) is 11.5. The van der Waals surface area contributed by atoms with Gasteiger partial charge in [0.25, 0.3) is 5.91 Å². The first-order chi connectivity index (χ1) is 20.0. The van der Waals surface area contributed by atoms with Crippen LogP contribution in [0, 0.1) is 17.6 Å². The number of ether oxygens (including phenoxy) is 1. The second-order valence-corrected chi connectivity index (χ2v) is 14.5. The molecule has 0 unspecified atom stereocenters. The number of hydrogen-bond acceptors (Lipinski definition) is 5. The van der Waals surface area contributed by atoms with E-state index in [-0.39, 0.29) is 49.1 Å². The average Bonchev–Trinajstić information content (AvgIpc) is 3.36. The van der Waals surface area contributed by atoms with Crippen molar-refractivity contribution in [3.8, 4) is 16.9 Å². The molecule has 1 fully saturated rings. The van der Waals surface area contributed by atoms with Gasteiger partial charge in [0.1, 0.15) is 22.3 Å². The summed E-state index contributed by atoms with van der Waals surface area (Å²) in [5.74, 6) is -0.510. The summed E-state index contributed by atoms with van der Waals surface area (Å²) in [7, 11) is -1.76. The molecule has 0 spiro atoms. The maximum atomic E-state index is 14.6. The Morgan fingerprint density at radius 1 is 1.00 bits per heavy atom. The number of amides is 1. The monoisotopic (exact) mass is 631 g/mol. The van der Waals surface area contributed by atoms with Crippen molar-refractivity contribution in [2.75, 3.05) is 12.9 Å². The van der Waals surface area contributed by atoms with Crippen LogP contribution in [0.25, 0.3) is 21.2 Å². The first kappa shape index (κ1) is 30.4. The zero-order valence-electron chi connectivity index (χ0n) is 23.6. The Kier molecular flexibility index (Phi) is 8.92. The molecular formula is C32H32ClF2NO4S2. The van der Waals surface area contributed by atoms with Crippen LogP contribution in [-0.4, -0.2) is 38.1 Å². The lowest BCUT2D eigenvalue weighted by Crippen LogP contribution is -2.41. The first-order valence-electron chi connectivity index (χ1n) is 13.9. The number of thiophene rings is 1. The Bertz CT molecular complexity index is 1730. The lowest BCUT2D eigenvalue weighted by atomic mass is 9.86. The molecule has 1 aromatic heterocycles. The number of carbonyl (C=O) groups excluding carboxylic acids is 1. The number of sulfone groups is 1. The number of methoxy groups -OCH3 is 1. The molecule has 0 radical (unpaired) electrons. The summed E-state index contributed by atoms with van der Waals surface area (Å²) in [6, 6.07) is 14.3. The van der Waals surface area contributed by atoms with Gasteiger partial charge in [0, 0.05) is 18.2 Å². The summed E-state index contributed by atoms with van der Waals surface area (Å²) in [6.45, 7) is 4.01. The Hall–Kier alpha value is -3.01. The molecule has 42 heavy (non-hydrogen) atoms. The molecule has 4 aromatic rings. The maximum absolute atomic E-state index is 14.6. The molecule has 1 heterocycles. The van der Waals surface area contributed by atoms with Crippen LogP contribution in [0.5, 0.6) is 5.75 Å². The van der Waals surface area contributed by atoms with E-state index < -0.39 is 21.5 Å². The van der Waals surface area contributed by atoms with Crippen molar-refractivity contribution in [1.29, 1.82) is 0 Å². The maximum Gasteiger partial charge on any atom is 0.266 e. The molecule has 0 atom stereocenters. The molecule has 10 heteroatoms. The van der Waals surface area contributed by atoms with Crippen LogP contribution in [0.1, 0.15) is 54.8 Å². The SMILES string of the molecule is CCS(=O)(=O)c1ccc(-c2ccc(OC)c(CN(C(=O)c3sc4c(F)ccc(F)c4c3Cl)C3CCC(C)CC3)c2)cc1. The lowest BCUT2D eigenvalue weighted by Gasteiger charge is -2.36. The van der Waals surface area contributed by atoms with Crippen molar-refractivity contribution in [2.24, 2.45) is 5.92 Å². The Labute approximate surface area is 254 Å². The highest BCUT2D eigenvalue weighted by Gasteiger charge is 2.32. The van der Waals surface area contributed by atoms with E-state index in [1.165, 1.54) is 0 Å². The van der Waals surface area contributed by atoms with Crippen molar-refractivity contribution < 1.29 is 26.7 Å². The summed E-state index contributed by atoms with van der Waals surface area (Å²) in [6.07, 6.45) is 3.52. The van der Waals surface area contributed by atoms with Gasteiger partial charge >= 0.3 is 0 Å². The molecule has 0 saturated heterocycles. The fourth-order valence-corrected chi connectivity index (χ4v) is 7.96.